The molecule has 2 fully saturated rings. The number of hydrogen-bond acceptors (Lipinski definition) is 2. The maximum Gasteiger partial charge on any atom is 0.154 e. The molecule has 0 bridgehead atoms. The van der Waals surface area contributed by atoms with E-state index in [9.17, 15) is 0 Å². The van der Waals surface area contributed by atoms with Crippen molar-refractivity contribution in [1.29, 1.82) is 0 Å². The lowest BCUT2D eigenvalue weighted by Gasteiger charge is -2.49. The highest BCUT2D eigenvalue weighted by Crippen LogP contribution is 2.48. The summed E-state index contributed by atoms with van der Waals surface area (Å²) in [6, 6.07) is 0. The topological polar surface area (TPSA) is 18.5 Å². The van der Waals surface area contributed by atoms with Crippen LogP contribution < -0.4 is 0 Å². The second-order valence-corrected chi connectivity index (χ2v) is 5.79. The fourth-order valence-electron chi connectivity index (χ4n) is 3.52. The fraction of sp³-hybridized carbons (Fsp3) is 1.00. The molecule has 94 valence electrons. The van der Waals surface area contributed by atoms with Gasteiger partial charge in [0.05, 0.1) is 13.2 Å². The summed E-state index contributed by atoms with van der Waals surface area (Å²) in [7, 11) is 0. The minimum absolute atomic E-state index is 0.00475. The van der Waals surface area contributed by atoms with E-state index in [-0.39, 0.29) is 6.29 Å². The van der Waals surface area contributed by atoms with Gasteiger partial charge in [0.1, 0.15) is 0 Å². The Hall–Kier alpha value is -0.0800. The van der Waals surface area contributed by atoms with Crippen molar-refractivity contribution >= 4 is 0 Å². The SMILES string of the molecule is CCC(C)C1CCCCC12COC(C)OC2. The van der Waals surface area contributed by atoms with Crippen molar-refractivity contribution in [3.63, 3.8) is 0 Å². The lowest BCUT2D eigenvalue weighted by molar-refractivity contribution is -0.244. The van der Waals surface area contributed by atoms with Crippen molar-refractivity contribution in [3.8, 4) is 0 Å². The van der Waals surface area contributed by atoms with E-state index in [1.54, 1.807) is 0 Å². The van der Waals surface area contributed by atoms with Gasteiger partial charge >= 0.3 is 0 Å². The second-order valence-electron chi connectivity index (χ2n) is 5.79. The Morgan fingerprint density at radius 1 is 1.25 bits per heavy atom. The molecule has 1 aliphatic heterocycles. The van der Waals surface area contributed by atoms with Gasteiger partial charge in [-0.15, -0.1) is 0 Å². The third-order valence-corrected chi connectivity index (χ3v) is 4.77. The van der Waals surface area contributed by atoms with Crippen molar-refractivity contribution in [3.05, 3.63) is 0 Å². The predicted octanol–water partition coefficient (Wildman–Crippen LogP) is 3.60. The zero-order valence-electron chi connectivity index (χ0n) is 11.0. The van der Waals surface area contributed by atoms with Crippen LogP contribution in [0.3, 0.4) is 0 Å². The monoisotopic (exact) mass is 226 g/mol. The Morgan fingerprint density at radius 2 is 1.94 bits per heavy atom. The highest BCUT2D eigenvalue weighted by Gasteiger charge is 2.45. The zero-order valence-corrected chi connectivity index (χ0v) is 11.0. The molecule has 0 aromatic carbocycles. The van der Waals surface area contributed by atoms with Crippen LogP contribution in [0.1, 0.15) is 52.9 Å². The standard InChI is InChI=1S/C14H26O2/c1-4-11(2)13-7-5-6-8-14(13)9-15-12(3)16-10-14/h11-13H,4-10H2,1-3H3. The summed E-state index contributed by atoms with van der Waals surface area (Å²) in [5, 5.41) is 0. The van der Waals surface area contributed by atoms with Gasteiger partial charge in [-0.25, -0.2) is 0 Å². The molecule has 0 radical (unpaired) electrons. The maximum absolute atomic E-state index is 5.77. The Morgan fingerprint density at radius 3 is 2.56 bits per heavy atom. The van der Waals surface area contributed by atoms with Crippen molar-refractivity contribution in [2.75, 3.05) is 13.2 Å². The van der Waals surface area contributed by atoms with Gasteiger partial charge in [-0.05, 0) is 31.6 Å². The lowest BCUT2D eigenvalue weighted by atomic mass is 9.62. The van der Waals surface area contributed by atoms with E-state index >= 15 is 0 Å². The van der Waals surface area contributed by atoms with Crippen LogP contribution >= 0.6 is 0 Å². The van der Waals surface area contributed by atoms with E-state index in [4.69, 9.17) is 9.47 Å². The summed E-state index contributed by atoms with van der Waals surface area (Å²) < 4.78 is 11.5. The molecule has 2 nitrogen and oxygen atoms in total. The molecule has 0 N–H and O–H groups in total. The first-order chi connectivity index (χ1) is 7.68. The summed E-state index contributed by atoms with van der Waals surface area (Å²) in [5.74, 6) is 1.61. The lowest BCUT2D eigenvalue weighted by Crippen LogP contribution is -2.49. The average molecular weight is 226 g/mol. The Balaban J connectivity index is 2.08. The first-order valence-electron chi connectivity index (χ1n) is 6.91. The summed E-state index contributed by atoms with van der Waals surface area (Å²) in [5.41, 5.74) is 0.334. The smallest absolute Gasteiger partial charge is 0.154 e. The van der Waals surface area contributed by atoms with E-state index in [0.29, 0.717) is 5.41 Å². The molecule has 1 saturated heterocycles. The van der Waals surface area contributed by atoms with Crippen molar-refractivity contribution < 1.29 is 9.47 Å². The molecule has 2 heteroatoms. The minimum atomic E-state index is 0.00475. The Kier molecular flexibility index (Phi) is 3.91. The summed E-state index contributed by atoms with van der Waals surface area (Å²) in [6.45, 7) is 8.55. The number of ether oxygens (including phenoxy) is 2. The van der Waals surface area contributed by atoms with Crippen molar-refractivity contribution in [2.24, 2.45) is 17.3 Å². The zero-order chi connectivity index (χ0) is 11.6. The molecule has 1 aliphatic carbocycles. The van der Waals surface area contributed by atoms with E-state index in [1.807, 2.05) is 6.92 Å². The summed E-state index contributed by atoms with van der Waals surface area (Å²) >= 11 is 0. The Labute approximate surface area is 99.7 Å². The number of hydrogen-bond donors (Lipinski definition) is 0. The van der Waals surface area contributed by atoms with Crippen LogP contribution in [-0.4, -0.2) is 19.5 Å². The normalized spacial score (nSPS) is 42.2. The molecule has 2 atom stereocenters. The van der Waals surface area contributed by atoms with Gasteiger partial charge < -0.3 is 9.47 Å². The highest BCUT2D eigenvalue weighted by molar-refractivity contribution is 4.93. The van der Waals surface area contributed by atoms with E-state index < -0.39 is 0 Å². The van der Waals surface area contributed by atoms with Crippen LogP contribution in [0.25, 0.3) is 0 Å². The Bertz CT molecular complexity index is 219. The molecule has 0 aromatic rings. The molecule has 2 aliphatic rings. The molecule has 1 heterocycles. The van der Waals surface area contributed by atoms with E-state index in [2.05, 4.69) is 13.8 Å². The van der Waals surface area contributed by atoms with Crippen molar-refractivity contribution in [2.45, 2.75) is 59.2 Å². The second kappa shape index (κ2) is 5.05. The van der Waals surface area contributed by atoms with Gasteiger partial charge in [-0.2, -0.15) is 0 Å². The van der Waals surface area contributed by atoms with Crippen LogP contribution in [0.5, 0.6) is 0 Å². The fourth-order valence-corrected chi connectivity index (χ4v) is 3.52. The van der Waals surface area contributed by atoms with E-state index in [0.717, 1.165) is 25.0 Å². The van der Waals surface area contributed by atoms with Gasteiger partial charge in [-0.3, -0.25) is 0 Å². The predicted molar refractivity (Wildman–Crippen MR) is 65.2 cm³/mol. The molecular formula is C14H26O2. The van der Waals surface area contributed by atoms with Gasteiger partial charge in [0, 0.05) is 5.41 Å². The molecular weight excluding hydrogens is 200 g/mol. The molecule has 16 heavy (non-hydrogen) atoms. The highest BCUT2D eigenvalue weighted by atomic mass is 16.7. The van der Waals surface area contributed by atoms with Gasteiger partial charge in [0.15, 0.2) is 6.29 Å². The average Bonchev–Trinajstić information content (AvgIpc) is 2.33. The van der Waals surface area contributed by atoms with Gasteiger partial charge in [-0.1, -0.05) is 33.1 Å². The van der Waals surface area contributed by atoms with Crippen LogP contribution in [-0.2, 0) is 9.47 Å². The summed E-state index contributed by atoms with van der Waals surface area (Å²) in [6.07, 6.45) is 6.71. The third-order valence-electron chi connectivity index (χ3n) is 4.77. The van der Waals surface area contributed by atoms with E-state index in [1.165, 1.54) is 32.1 Å². The van der Waals surface area contributed by atoms with Crippen LogP contribution in [0.4, 0.5) is 0 Å². The van der Waals surface area contributed by atoms with Crippen LogP contribution in [0.2, 0.25) is 0 Å². The first-order valence-corrected chi connectivity index (χ1v) is 6.91. The van der Waals surface area contributed by atoms with Gasteiger partial charge in [0.2, 0.25) is 0 Å². The van der Waals surface area contributed by atoms with Crippen molar-refractivity contribution in [1.82, 2.24) is 0 Å². The van der Waals surface area contributed by atoms with Crippen LogP contribution in [0.15, 0.2) is 0 Å². The molecule has 0 amide bonds. The third kappa shape index (κ3) is 2.28. The minimum Gasteiger partial charge on any atom is -0.352 e. The molecule has 2 unspecified atom stereocenters. The molecule has 1 spiro atoms. The molecule has 2 rings (SSSR count). The maximum atomic E-state index is 5.77. The number of rotatable bonds is 2. The largest absolute Gasteiger partial charge is 0.352 e. The van der Waals surface area contributed by atoms with Gasteiger partial charge in [0.25, 0.3) is 0 Å². The molecule has 1 saturated carbocycles. The first kappa shape index (κ1) is 12.4. The van der Waals surface area contributed by atoms with Crippen LogP contribution in [0, 0.1) is 17.3 Å². The molecule has 0 aromatic heterocycles. The summed E-state index contributed by atoms with van der Waals surface area (Å²) in [4.78, 5) is 0. The quantitative estimate of drug-likeness (QED) is 0.716.